The van der Waals surface area contributed by atoms with E-state index in [2.05, 4.69) is 0 Å². The average molecular weight is 258 g/mol. The molecule has 2 atom stereocenters. The maximum atomic E-state index is 12.6. The van der Waals surface area contributed by atoms with Crippen molar-refractivity contribution in [2.75, 3.05) is 19.8 Å². The Hall–Kier alpha value is -0.650. The molecule has 1 aliphatic rings. The number of rotatable bonds is 3. The summed E-state index contributed by atoms with van der Waals surface area (Å²) in [5.41, 5.74) is 4.85. The van der Waals surface area contributed by atoms with Gasteiger partial charge in [0.2, 0.25) is 5.91 Å². The van der Waals surface area contributed by atoms with Crippen molar-refractivity contribution in [3.05, 3.63) is 0 Å². The predicted molar refractivity (Wildman–Crippen MR) is 70.0 cm³/mol. The summed E-state index contributed by atoms with van der Waals surface area (Å²) in [6.45, 7) is 10.2. The fraction of sp³-hybridized carbons (Fsp3) is 0.923. The van der Waals surface area contributed by atoms with E-state index in [1.54, 1.807) is 4.90 Å². The molecule has 0 radical (unpaired) electrons. The first-order valence-corrected chi connectivity index (χ1v) is 6.43. The monoisotopic (exact) mass is 258 g/mol. The molecule has 1 fully saturated rings. The molecule has 0 aromatic carbocycles. The molecule has 2 unspecified atom stereocenters. The van der Waals surface area contributed by atoms with Crippen LogP contribution in [-0.2, 0) is 9.53 Å². The molecule has 5 heteroatoms. The van der Waals surface area contributed by atoms with E-state index in [4.69, 9.17) is 15.6 Å². The van der Waals surface area contributed by atoms with Crippen LogP contribution in [0.3, 0.4) is 0 Å². The zero-order valence-corrected chi connectivity index (χ0v) is 12.1. The van der Waals surface area contributed by atoms with Gasteiger partial charge in [-0.15, -0.1) is 0 Å². The SMILES string of the molecule is CC1COC(CO)CN1C(=O)C(C)(C)C(C)(C)N. The summed E-state index contributed by atoms with van der Waals surface area (Å²) < 4.78 is 5.44. The quantitative estimate of drug-likeness (QED) is 0.766. The first kappa shape index (κ1) is 15.4. The van der Waals surface area contributed by atoms with Gasteiger partial charge < -0.3 is 20.5 Å². The van der Waals surface area contributed by atoms with Crippen LogP contribution in [0.1, 0.15) is 34.6 Å². The van der Waals surface area contributed by atoms with Crippen molar-refractivity contribution in [2.24, 2.45) is 11.1 Å². The molecule has 3 N–H and O–H groups in total. The zero-order chi connectivity index (χ0) is 14.1. The number of amides is 1. The van der Waals surface area contributed by atoms with Gasteiger partial charge in [0.25, 0.3) is 0 Å². The van der Waals surface area contributed by atoms with Gasteiger partial charge in [-0.1, -0.05) is 0 Å². The molecule has 1 rings (SSSR count). The number of nitrogens with zero attached hydrogens (tertiary/aromatic N) is 1. The summed E-state index contributed by atoms with van der Waals surface area (Å²) in [7, 11) is 0. The highest BCUT2D eigenvalue weighted by Crippen LogP contribution is 2.32. The predicted octanol–water partition coefficient (Wildman–Crippen LogP) is 0.358. The number of hydrogen-bond donors (Lipinski definition) is 2. The summed E-state index contributed by atoms with van der Waals surface area (Å²) in [5, 5.41) is 9.15. The van der Waals surface area contributed by atoms with Crippen molar-refractivity contribution in [3.8, 4) is 0 Å². The molecule has 0 aliphatic carbocycles. The smallest absolute Gasteiger partial charge is 0.230 e. The van der Waals surface area contributed by atoms with Crippen LogP contribution in [-0.4, -0.2) is 53.4 Å². The molecule has 1 heterocycles. The molecule has 0 bridgehead atoms. The van der Waals surface area contributed by atoms with Gasteiger partial charge in [-0.25, -0.2) is 0 Å². The lowest BCUT2D eigenvalue weighted by atomic mass is 9.74. The highest BCUT2D eigenvalue weighted by molar-refractivity contribution is 5.83. The molecule has 1 saturated heterocycles. The Morgan fingerprint density at radius 2 is 2.00 bits per heavy atom. The van der Waals surface area contributed by atoms with Gasteiger partial charge in [-0.05, 0) is 34.6 Å². The van der Waals surface area contributed by atoms with Gasteiger partial charge in [0.1, 0.15) is 0 Å². The molecule has 0 saturated carbocycles. The normalized spacial score (nSPS) is 26.3. The lowest BCUT2D eigenvalue weighted by molar-refractivity contribution is -0.158. The van der Waals surface area contributed by atoms with Crippen LogP contribution in [0.25, 0.3) is 0 Å². The first-order chi connectivity index (χ1) is 8.11. The summed E-state index contributed by atoms with van der Waals surface area (Å²) in [5.74, 6) is 0.0178. The first-order valence-electron chi connectivity index (χ1n) is 6.43. The molecule has 5 nitrogen and oxygen atoms in total. The average Bonchev–Trinajstić information content (AvgIpc) is 2.27. The molecule has 0 aromatic rings. The number of aliphatic hydroxyl groups is 1. The lowest BCUT2D eigenvalue weighted by Crippen LogP contribution is -2.61. The van der Waals surface area contributed by atoms with Crippen molar-refractivity contribution >= 4 is 5.91 Å². The van der Waals surface area contributed by atoms with Crippen LogP contribution in [0, 0.1) is 5.41 Å². The second kappa shape index (κ2) is 5.15. The lowest BCUT2D eigenvalue weighted by Gasteiger charge is -2.45. The van der Waals surface area contributed by atoms with Gasteiger partial charge in [0.15, 0.2) is 0 Å². The Labute approximate surface area is 109 Å². The maximum Gasteiger partial charge on any atom is 0.230 e. The van der Waals surface area contributed by atoms with E-state index in [-0.39, 0.29) is 24.7 Å². The third-order valence-corrected chi connectivity index (χ3v) is 4.12. The van der Waals surface area contributed by atoms with Crippen LogP contribution in [0.2, 0.25) is 0 Å². The number of aliphatic hydroxyl groups excluding tert-OH is 1. The number of nitrogens with two attached hydrogens (primary N) is 1. The molecule has 18 heavy (non-hydrogen) atoms. The molecule has 0 aromatic heterocycles. The fourth-order valence-corrected chi connectivity index (χ4v) is 1.85. The molecule has 1 amide bonds. The van der Waals surface area contributed by atoms with E-state index < -0.39 is 11.0 Å². The summed E-state index contributed by atoms with van der Waals surface area (Å²) in [6.07, 6.45) is -0.290. The highest BCUT2D eigenvalue weighted by Gasteiger charge is 2.45. The molecular formula is C13H26N2O3. The summed E-state index contributed by atoms with van der Waals surface area (Å²) in [6, 6.07) is 0.0157. The Bertz CT molecular complexity index is 310. The van der Waals surface area contributed by atoms with Crippen LogP contribution in [0.5, 0.6) is 0 Å². The molecule has 1 aliphatic heterocycles. The number of hydrogen-bond acceptors (Lipinski definition) is 4. The van der Waals surface area contributed by atoms with Gasteiger partial charge in [0.05, 0.1) is 30.8 Å². The van der Waals surface area contributed by atoms with Gasteiger partial charge >= 0.3 is 0 Å². The van der Waals surface area contributed by atoms with Gasteiger partial charge in [-0.3, -0.25) is 4.79 Å². The standard InChI is InChI=1S/C13H26N2O3/c1-9-8-18-10(7-16)6-15(9)11(17)12(2,3)13(4,5)14/h9-10,16H,6-8,14H2,1-5H3. The van der Waals surface area contributed by atoms with Crippen LogP contribution in [0.4, 0.5) is 0 Å². The minimum atomic E-state index is -0.654. The second-order valence-electron chi connectivity index (χ2n) is 6.29. The maximum absolute atomic E-state index is 12.6. The van der Waals surface area contributed by atoms with E-state index in [9.17, 15) is 4.79 Å². The van der Waals surface area contributed by atoms with Crippen molar-refractivity contribution in [2.45, 2.75) is 52.3 Å². The van der Waals surface area contributed by atoms with Gasteiger partial charge in [0, 0.05) is 12.1 Å². The van der Waals surface area contributed by atoms with Crippen molar-refractivity contribution in [1.29, 1.82) is 0 Å². The van der Waals surface area contributed by atoms with Crippen molar-refractivity contribution in [1.82, 2.24) is 4.90 Å². The van der Waals surface area contributed by atoms with E-state index in [0.717, 1.165) is 0 Å². The number of ether oxygens (including phenoxy) is 1. The van der Waals surface area contributed by atoms with Crippen molar-refractivity contribution < 1.29 is 14.6 Å². The number of carbonyl (C=O) groups is 1. The van der Waals surface area contributed by atoms with E-state index in [1.165, 1.54) is 0 Å². The van der Waals surface area contributed by atoms with Crippen molar-refractivity contribution in [3.63, 3.8) is 0 Å². The minimum absolute atomic E-state index is 0.0157. The Morgan fingerprint density at radius 1 is 1.44 bits per heavy atom. The third-order valence-electron chi connectivity index (χ3n) is 4.12. The topological polar surface area (TPSA) is 75.8 Å². The Kier molecular flexibility index (Phi) is 4.41. The number of carbonyl (C=O) groups excluding carboxylic acids is 1. The van der Waals surface area contributed by atoms with Crippen LogP contribution >= 0.6 is 0 Å². The van der Waals surface area contributed by atoms with Crippen LogP contribution in [0.15, 0.2) is 0 Å². The minimum Gasteiger partial charge on any atom is -0.394 e. The van der Waals surface area contributed by atoms with E-state index in [1.807, 2.05) is 34.6 Å². The summed E-state index contributed by atoms with van der Waals surface area (Å²) >= 11 is 0. The zero-order valence-electron chi connectivity index (χ0n) is 12.1. The largest absolute Gasteiger partial charge is 0.394 e. The Morgan fingerprint density at radius 3 is 2.44 bits per heavy atom. The van der Waals surface area contributed by atoms with E-state index >= 15 is 0 Å². The van der Waals surface area contributed by atoms with E-state index in [0.29, 0.717) is 13.2 Å². The van der Waals surface area contributed by atoms with Crippen LogP contribution < -0.4 is 5.73 Å². The molecular weight excluding hydrogens is 232 g/mol. The molecule has 106 valence electrons. The summed E-state index contributed by atoms with van der Waals surface area (Å²) in [4.78, 5) is 14.4. The Balaban J connectivity index is 2.88. The number of morpholine rings is 1. The second-order valence-corrected chi connectivity index (χ2v) is 6.29. The third kappa shape index (κ3) is 2.84. The molecule has 0 spiro atoms. The van der Waals surface area contributed by atoms with Gasteiger partial charge in [-0.2, -0.15) is 0 Å². The fourth-order valence-electron chi connectivity index (χ4n) is 1.85. The highest BCUT2D eigenvalue weighted by atomic mass is 16.5.